The number of nitrogens with one attached hydrogen (secondary N) is 2. The summed E-state index contributed by atoms with van der Waals surface area (Å²) in [7, 11) is 0. The summed E-state index contributed by atoms with van der Waals surface area (Å²) in [4.78, 5) is 45.3. The topological polar surface area (TPSA) is 147 Å². The van der Waals surface area contributed by atoms with Gasteiger partial charge in [-0.2, -0.15) is 0 Å². The third kappa shape index (κ3) is 8.00. The number of carbonyl (C=O) groups excluding carboxylic acids is 3. The lowest BCUT2D eigenvalue weighted by Gasteiger charge is -2.35. The predicted molar refractivity (Wildman–Crippen MR) is 151 cm³/mol. The number of aliphatic hydroxyl groups excluding tert-OH is 1. The molecule has 1 aromatic heterocycles. The highest BCUT2D eigenvalue weighted by molar-refractivity contribution is 7.13. The van der Waals surface area contributed by atoms with Gasteiger partial charge in [-0.25, -0.2) is 4.98 Å². The minimum atomic E-state index is -0.848. The number of hydrogen-bond donors (Lipinski definition) is 4. The zero-order valence-corrected chi connectivity index (χ0v) is 24.3. The van der Waals surface area contributed by atoms with Crippen molar-refractivity contribution in [3.8, 4) is 16.2 Å². The Morgan fingerprint density at radius 3 is 2.64 bits per heavy atom. The molecule has 5 N–H and O–H groups in total. The summed E-state index contributed by atoms with van der Waals surface area (Å²) in [6, 6.07) is 4.18. The van der Waals surface area contributed by atoms with E-state index in [1.54, 1.807) is 16.8 Å². The minimum Gasteiger partial charge on any atom is -0.493 e. The summed E-state index contributed by atoms with van der Waals surface area (Å²) in [5.74, 6) is -0.426. The normalized spacial score (nSPS) is 18.1. The van der Waals surface area contributed by atoms with E-state index in [4.69, 9.17) is 10.5 Å². The predicted octanol–water partition coefficient (Wildman–Crippen LogP) is 2.37. The first-order chi connectivity index (χ1) is 18.4. The molecule has 3 rings (SSSR count). The Labute approximate surface area is 234 Å². The Morgan fingerprint density at radius 2 is 2.03 bits per heavy atom. The van der Waals surface area contributed by atoms with Crippen LogP contribution < -0.4 is 21.1 Å². The summed E-state index contributed by atoms with van der Waals surface area (Å²) < 4.78 is 6.09. The van der Waals surface area contributed by atoms with Gasteiger partial charge in [0.1, 0.15) is 17.8 Å². The maximum atomic E-state index is 13.5. The lowest BCUT2D eigenvalue weighted by Crippen LogP contribution is -2.57. The standard InChI is InChI=1S/C28H41N5O5S/c1-17-24(39-16-31-17)19-8-9-20(23(12-19)38-11-7-6-10-29)14-30-26(36)22-13-21(35)15-33(22)27(37)25(28(3,4)5)32-18(2)34/h8-9,12,16,21-22,25,35H,6-7,10-11,13-15,29H2,1-5H3,(H,30,36)(H,32,34)/t21-,22+,25-/m1/s1. The van der Waals surface area contributed by atoms with E-state index in [9.17, 15) is 19.5 Å². The van der Waals surface area contributed by atoms with Crippen molar-refractivity contribution >= 4 is 29.1 Å². The van der Waals surface area contributed by atoms with Gasteiger partial charge in [-0.3, -0.25) is 14.4 Å². The van der Waals surface area contributed by atoms with E-state index in [-0.39, 0.29) is 37.2 Å². The van der Waals surface area contributed by atoms with Crippen molar-refractivity contribution in [3.05, 3.63) is 35.0 Å². The molecule has 2 heterocycles. The molecular weight excluding hydrogens is 518 g/mol. The second-order valence-corrected chi connectivity index (χ2v) is 11.9. The fraction of sp³-hybridized carbons (Fsp3) is 0.571. The van der Waals surface area contributed by atoms with Crippen LogP contribution in [0.3, 0.4) is 0 Å². The summed E-state index contributed by atoms with van der Waals surface area (Å²) in [6.45, 7) is 10.2. The van der Waals surface area contributed by atoms with Crippen molar-refractivity contribution in [1.82, 2.24) is 20.5 Å². The van der Waals surface area contributed by atoms with Gasteiger partial charge in [0, 0.05) is 32.0 Å². The molecule has 11 heteroatoms. The Kier molecular flexibility index (Phi) is 10.5. The van der Waals surface area contributed by atoms with Crippen molar-refractivity contribution in [2.24, 2.45) is 11.1 Å². The van der Waals surface area contributed by atoms with Gasteiger partial charge < -0.3 is 31.1 Å². The number of likely N-dealkylation sites (tertiary alicyclic amines) is 1. The van der Waals surface area contributed by atoms with Crippen LogP contribution in [0.1, 0.15) is 58.2 Å². The van der Waals surface area contributed by atoms with Gasteiger partial charge in [0.25, 0.3) is 0 Å². The Balaban J connectivity index is 1.77. The average Bonchev–Trinajstić information content (AvgIpc) is 3.48. The number of amides is 3. The molecule has 2 aromatic rings. The van der Waals surface area contributed by atoms with E-state index in [0.29, 0.717) is 18.9 Å². The smallest absolute Gasteiger partial charge is 0.246 e. The zero-order chi connectivity index (χ0) is 28.7. The van der Waals surface area contributed by atoms with Crippen molar-refractivity contribution < 1.29 is 24.2 Å². The van der Waals surface area contributed by atoms with Crippen molar-refractivity contribution in [1.29, 1.82) is 0 Å². The lowest BCUT2D eigenvalue weighted by molar-refractivity contribution is -0.143. The van der Waals surface area contributed by atoms with Gasteiger partial charge in [-0.05, 0) is 43.4 Å². The van der Waals surface area contributed by atoms with Crippen LogP contribution in [0.5, 0.6) is 5.75 Å². The van der Waals surface area contributed by atoms with Gasteiger partial charge in [-0.15, -0.1) is 11.3 Å². The number of aromatic nitrogens is 1. The van der Waals surface area contributed by atoms with Crippen LogP contribution in [0.4, 0.5) is 0 Å². The van der Waals surface area contributed by atoms with Crippen molar-refractivity contribution in [2.75, 3.05) is 19.7 Å². The quantitative estimate of drug-likeness (QED) is 0.309. The second-order valence-electron chi connectivity index (χ2n) is 11.0. The highest BCUT2D eigenvalue weighted by atomic mass is 32.1. The summed E-state index contributed by atoms with van der Waals surface area (Å²) in [5.41, 5.74) is 9.56. The molecule has 0 radical (unpaired) electrons. The highest BCUT2D eigenvalue weighted by Crippen LogP contribution is 2.32. The zero-order valence-electron chi connectivity index (χ0n) is 23.5. The molecule has 1 saturated heterocycles. The molecule has 0 saturated carbocycles. The Bertz CT molecular complexity index is 1160. The molecule has 0 aliphatic carbocycles. The fourth-order valence-corrected chi connectivity index (χ4v) is 5.41. The molecule has 39 heavy (non-hydrogen) atoms. The second kappa shape index (κ2) is 13.4. The molecule has 3 atom stereocenters. The number of thiazole rings is 1. The number of nitrogens with two attached hydrogens (primary N) is 1. The van der Waals surface area contributed by atoms with Crippen molar-refractivity contribution in [2.45, 2.75) is 78.6 Å². The molecule has 214 valence electrons. The van der Waals surface area contributed by atoms with Crippen LogP contribution in [0.15, 0.2) is 23.7 Å². The monoisotopic (exact) mass is 559 g/mol. The summed E-state index contributed by atoms with van der Waals surface area (Å²) >= 11 is 1.55. The first-order valence-electron chi connectivity index (χ1n) is 13.3. The van der Waals surface area contributed by atoms with Crippen LogP contribution in [0.25, 0.3) is 10.4 Å². The molecule has 1 aliphatic rings. The van der Waals surface area contributed by atoms with E-state index < -0.39 is 23.6 Å². The van der Waals surface area contributed by atoms with Crippen molar-refractivity contribution in [3.63, 3.8) is 0 Å². The number of carbonyl (C=O) groups is 3. The number of aliphatic hydroxyl groups is 1. The Hall–Kier alpha value is -3.02. The first kappa shape index (κ1) is 30.5. The van der Waals surface area contributed by atoms with Crippen LogP contribution in [0.2, 0.25) is 0 Å². The fourth-order valence-electron chi connectivity index (χ4n) is 4.61. The maximum absolute atomic E-state index is 13.5. The van der Waals surface area contributed by atoms with Crippen LogP contribution in [0, 0.1) is 12.3 Å². The van der Waals surface area contributed by atoms with E-state index in [1.165, 1.54) is 11.8 Å². The maximum Gasteiger partial charge on any atom is 0.246 e. The summed E-state index contributed by atoms with van der Waals surface area (Å²) in [5, 5.41) is 16.0. The van der Waals surface area contributed by atoms with E-state index in [2.05, 4.69) is 15.6 Å². The van der Waals surface area contributed by atoms with Crippen LogP contribution >= 0.6 is 11.3 Å². The summed E-state index contributed by atoms with van der Waals surface area (Å²) in [6.07, 6.45) is 0.959. The molecule has 0 unspecified atom stereocenters. The molecule has 0 bridgehead atoms. The number of rotatable bonds is 11. The minimum absolute atomic E-state index is 0.0293. The molecule has 1 aliphatic heterocycles. The lowest BCUT2D eigenvalue weighted by atomic mass is 9.85. The van der Waals surface area contributed by atoms with Crippen LogP contribution in [-0.2, 0) is 20.9 Å². The molecule has 0 spiro atoms. The van der Waals surface area contributed by atoms with Crippen LogP contribution in [-0.4, -0.2) is 70.6 Å². The first-order valence-corrected chi connectivity index (χ1v) is 14.2. The van der Waals surface area contributed by atoms with Gasteiger partial charge in [0.15, 0.2) is 0 Å². The number of nitrogens with zero attached hydrogens (tertiary/aromatic N) is 2. The highest BCUT2D eigenvalue weighted by Gasteiger charge is 2.44. The van der Waals surface area contributed by atoms with Gasteiger partial charge in [-0.1, -0.05) is 32.9 Å². The number of hydrogen-bond acceptors (Lipinski definition) is 8. The molecule has 10 nitrogen and oxygen atoms in total. The van der Waals surface area contributed by atoms with E-state index >= 15 is 0 Å². The molecule has 1 aromatic carbocycles. The number of ether oxygens (including phenoxy) is 1. The van der Waals surface area contributed by atoms with E-state index in [0.717, 1.165) is 34.5 Å². The number of β-amino-alcohol motifs (C(OH)–C–C–N with tert-alkyl or cyclic N) is 1. The Morgan fingerprint density at radius 1 is 1.28 bits per heavy atom. The number of unbranched alkanes of at least 4 members (excludes halogenated alkanes) is 1. The number of aryl methyl sites for hydroxylation is 1. The van der Waals surface area contributed by atoms with E-state index in [1.807, 2.05) is 45.9 Å². The molecular formula is C28H41N5O5S. The average molecular weight is 560 g/mol. The van der Waals surface area contributed by atoms with Gasteiger partial charge in [0.2, 0.25) is 17.7 Å². The number of benzene rings is 1. The SMILES string of the molecule is CC(=O)N[C@H](C(=O)N1C[C@H](O)C[C@H]1C(=O)NCc1ccc(-c2scnc2C)cc1OCCCCN)C(C)(C)C. The van der Waals surface area contributed by atoms with Gasteiger partial charge in [0.05, 0.1) is 28.8 Å². The molecule has 1 fully saturated rings. The third-order valence-electron chi connectivity index (χ3n) is 6.71. The third-order valence-corrected chi connectivity index (χ3v) is 7.69. The van der Waals surface area contributed by atoms with Gasteiger partial charge >= 0.3 is 0 Å². The largest absolute Gasteiger partial charge is 0.493 e. The molecule has 3 amide bonds.